The van der Waals surface area contributed by atoms with Crippen molar-refractivity contribution < 1.29 is 14.3 Å². The van der Waals surface area contributed by atoms with Crippen LogP contribution in [0, 0.1) is 11.3 Å². The maximum absolute atomic E-state index is 12.8. The Hall–Kier alpha value is -1.90. The quantitative estimate of drug-likeness (QED) is 0.852. The SMILES string of the molecule is COCC1CN(C(=O)c2ccc(C3(C#N)CC3)cc2)CC(C)(C)O1. The predicted molar refractivity (Wildman–Crippen MR) is 89.7 cm³/mol. The van der Waals surface area contributed by atoms with Gasteiger partial charge in [-0.2, -0.15) is 5.26 Å². The molecule has 0 bridgehead atoms. The molecular formula is C19H24N2O3. The van der Waals surface area contributed by atoms with Gasteiger partial charge in [-0.05, 0) is 44.4 Å². The molecule has 2 fully saturated rings. The number of hydrogen-bond acceptors (Lipinski definition) is 4. The summed E-state index contributed by atoms with van der Waals surface area (Å²) in [6, 6.07) is 9.89. The Labute approximate surface area is 143 Å². The maximum atomic E-state index is 12.8. The minimum Gasteiger partial charge on any atom is -0.382 e. The van der Waals surface area contributed by atoms with E-state index in [9.17, 15) is 10.1 Å². The molecule has 0 aromatic heterocycles. The van der Waals surface area contributed by atoms with E-state index in [1.54, 1.807) is 7.11 Å². The number of methoxy groups -OCH3 is 1. The number of amides is 1. The highest BCUT2D eigenvalue weighted by atomic mass is 16.5. The van der Waals surface area contributed by atoms with Gasteiger partial charge in [0.25, 0.3) is 5.91 Å². The average molecular weight is 328 g/mol. The minimum atomic E-state index is -0.393. The van der Waals surface area contributed by atoms with E-state index in [0.717, 1.165) is 18.4 Å². The number of rotatable bonds is 4. The molecule has 24 heavy (non-hydrogen) atoms. The lowest BCUT2D eigenvalue weighted by Crippen LogP contribution is -2.55. The van der Waals surface area contributed by atoms with Crippen LogP contribution in [0.5, 0.6) is 0 Å². The van der Waals surface area contributed by atoms with Crippen LogP contribution in [-0.4, -0.2) is 49.3 Å². The van der Waals surface area contributed by atoms with Crippen molar-refractivity contribution >= 4 is 5.91 Å². The second-order valence-electron chi connectivity index (χ2n) is 7.41. The van der Waals surface area contributed by atoms with Crippen LogP contribution < -0.4 is 0 Å². The Morgan fingerprint density at radius 2 is 2.04 bits per heavy atom. The first-order chi connectivity index (χ1) is 11.4. The monoisotopic (exact) mass is 328 g/mol. The van der Waals surface area contributed by atoms with Gasteiger partial charge in [0.05, 0.1) is 29.8 Å². The van der Waals surface area contributed by atoms with E-state index < -0.39 is 5.60 Å². The normalized spacial score (nSPS) is 24.2. The maximum Gasteiger partial charge on any atom is 0.254 e. The van der Waals surface area contributed by atoms with Crippen LogP contribution in [0.4, 0.5) is 0 Å². The van der Waals surface area contributed by atoms with Crippen LogP contribution in [0.3, 0.4) is 0 Å². The fraction of sp³-hybridized carbons (Fsp3) is 0.579. The number of carbonyl (C=O) groups is 1. The van der Waals surface area contributed by atoms with E-state index in [2.05, 4.69) is 6.07 Å². The third kappa shape index (κ3) is 3.31. The zero-order chi connectivity index (χ0) is 17.4. The first kappa shape index (κ1) is 16.9. The molecule has 0 spiro atoms. The lowest BCUT2D eigenvalue weighted by Gasteiger charge is -2.42. The van der Waals surface area contributed by atoms with Gasteiger partial charge in [-0.15, -0.1) is 0 Å². The Balaban J connectivity index is 1.74. The summed E-state index contributed by atoms with van der Waals surface area (Å²) < 4.78 is 11.1. The van der Waals surface area contributed by atoms with Crippen molar-refractivity contribution in [2.45, 2.75) is 43.8 Å². The Morgan fingerprint density at radius 1 is 1.38 bits per heavy atom. The van der Waals surface area contributed by atoms with Gasteiger partial charge >= 0.3 is 0 Å². The molecule has 1 saturated heterocycles. The summed E-state index contributed by atoms with van der Waals surface area (Å²) >= 11 is 0. The van der Waals surface area contributed by atoms with E-state index >= 15 is 0 Å². The molecule has 128 valence electrons. The molecule has 0 N–H and O–H groups in total. The topological polar surface area (TPSA) is 62.6 Å². The third-order valence-corrected chi connectivity index (χ3v) is 4.77. The number of hydrogen-bond donors (Lipinski definition) is 0. The number of nitrogens with zero attached hydrogens (tertiary/aromatic N) is 2. The van der Waals surface area contributed by atoms with Crippen molar-refractivity contribution in [3.05, 3.63) is 35.4 Å². The van der Waals surface area contributed by atoms with Crippen LogP contribution >= 0.6 is 0 Å². The zero-order valence-electron chi connectivity index (χ0n) is 14.5. The molecule has 1 unspecified atom stereocenters. The van der Waals surface area contributed by atoms with Crippen molar-refractivity contribution in [1.29, 1.82) is 5.26 Å². The highest BCUT2D eigenvalue weighted by Crippen LogP contribution is 2.47. The van der Waals surface area contributed by atoms with Gasteiger partial charge in [0.15, 0.2) is 0 Å². The Kier molecular flexibility index (Phi) is 4.37. The largest absolute Gasteiger partial charge is 0.382 e. The molecule has 1 aliphatic heterocycles. The van der Waals surface area contributed by atoms with Gasteiger partial charge in [-0.25, -0.2) is 0 Å². The lowest BCUT2D eigenvalue weighted by molar-refractivity contribution is -0.143. The van der Waals surface area contributed by atoms with Crippen LogP contribution in [0.1, 0.15) is 42.6 Å². The zero-order valence-corrected chi connectivity index (χ0v) is 14.5. The molecule has 1 amide bonds. The third-order valence-electron chi connectivity index (χ3n) is 4.77. The summed E-state index contributed by atoms with van der Waals surface area (Å²) in [5.74, 6) is 0.000771. The molecule has 1 aliphatic carbocycles. The number of benzene rings is 1. The molecule has 1 heterocycles. The Bertz CT molecular complexity index is 656. The summed E-state index contributed by atoms with van der Waals surface area (Å²) in [6.45, 7) is 5.52. The fourth-order valence-electron chi connectivity index (χ4n) is 3.43. The molecule has 1 aromatic rings. The first-order valence-corrected chi connectivity index (χ1v) is 8.37. The van der Waals surface area contributed by atoms with Gasteiger partial charge in [0.2, 0.25) is 0 Å². The summed E-state index contributed by atoms with van der Waals surface area (Å²) in [7, 11) is 1.64. The lowest BCUT2D eigenvalue weighted by atomic mass is 9.96. The smallest absolute Gasteiger partial charge is 0.254 e. The van der Waals surface area contributed by atoms with E-state index in [0.29, 0.717) is 25.3 Å². The number of morpholine rings is 1. The number of ether oxygens (including phenoxy) is 2. The molecule has 5 nitrogen and oxygen atoms in total. The molecule has 0 radical (unpaired) electrons. The molecule has 1 saturated carbocycles. The summed E-state index contributed by atoms with van der Waals surface area (Å²) in [6.07, 6.45) is 1.70. The van der Waals surface area contributed by atoms with E-state index in [1.165, 1.54) is 0 Å². The highest BCUT2D eigenvalue weighted by Gasteiger charge is 2.44. The van der Waals surface area contributed by atoms with Gasteiger partial charge in [-0.3, -0.25) is 4.79 Å². The molecule has 1 aromatic carbocycles. The number of carbonyl (C=O) groups excluding carboxylic acids is 1. The van der Waals surface area contributed by atoms with Gasteiger partial charge in [-0.1, -0.05) is 12.1 Å². The van der Waals surface area contributed by atoms with Gasteiger partial charge in [0.1, 0.15) is 0 Å². The summed E-state index contributed by atoms with van der Waals surface area (Å²) in [4.78, 5) is 14.7. The van der Waals surface area contributed by atoms with E-state index in [-0.39, 0.29) is 17.4 Å². The molecule has 5 heteroatoms. The van der Waals surface area contributed by atoms with Crippen molar-refractivity contribution in [1.82, 2.24) is 4.90 Å². The molecule has 2 aliphatic rings. The second-order valence-corrected chi connectivity index (χ2v) is 7.41. The molecule has 1 atom stereocenters. The molecular weight excluding hydrogens is 304 g/mol. The summed E-state index contributed by atoms with van der Waals surface area (Å²) in [5, 5.41) is 9.28. The molecule has 3 rings (SSSR count). The van der Waals surface area contributed by atoms with Gasteiger partial charge in [0, 0.05) is 25.8 Å². The Morgan fingerprint density at radius 3 is 2.58 bits per heavy atom. The van der Waals surface area contributed by atoms with Crippen LogP contribution in [0.25, 0.3) is 0 Å². The van der Waals surface area contributed by atoms with Gasteiger partial charge < -0.3 is 14.4 Å². The van der Waals surface area contributed by atoms with E-state index in [4.69, 9.17) is 9.47 Å². The fourth-order valence-corrected chi connectivity index (χ4v) is 3.43. The predicted octanol–water partition coefficient (Wildman–Crippen LogP) is 2.51. The van der Waals surface area contributed by atoms with Crippen molar-refractivity contribution in [2.24, 2.45) is 0 Å². The van der Waals surface area contributed by atoms with Crippen molar-refractivity contribution in [2.75, 3.05) is 26.8 Å². The second kappa shape index (κ2) is 6.19. The highest BCUT2D eigenvalue weighted by molar-refractivity contribution is 5.94. The van der Waals surface area contributed by atoms with Crippen LogP contribution in [-0.2, 0) is 14.9 Å². The van der Waals surface area contributed by atoms with Crippen molar-refractivity contribution in [3.63, 3.8) is 0 Å². The van der Waals surface area contributed by atoms with E-state index in [1.807, 2.05) is 43.0 Å². The van der Waals surface area contributed by atoms with Crippen LogP contribution in [0.2, 0.25) is 0 Å². The standard InChI is InChI=1S/C19H24N2O3/c1-18(2)13-21(10-16(24-18)11-23-3)17(22)14-4-6-15(7-5-14)19(12-20)8-9-19/h4-7,16H,8-11,13H2,1-3H3. The summed E-state index contributed by atoms with van der Waals surface area (Å²) in [5.41, 5.74) is 0.963. The first-order valence-electron chi connectivity index (χ1n) is 8.37. The average Bonchev–Trinajstić information content (AvgIpc) is 3.34. The van der Waals surface area contributed by atoms with Crippen molar-refractivity contribution in [3.8, 4) is 6.07 Å². The number of nitriles is 1. The van der Waals surface area contributed by atoms with Crippen LogP contribution in [0.15, 0.2) is 24.3 Å². The minimum absolute atomic E-state index is 0.000771.